The van der Waals surface area contributed by atoms with Crippen molar-refractivity contribution in [2.45, 2.75) is 46.1 Å². The monoisotopic (exact) mass is 487 g/mol. The van der Waals surface area contributed by atoms with E-state index in [0.717, 1.165) is 44.6 Å². The molecule has 0 unspecified atom stereocenters. The molecule has 34 heavy (non-hydrogen) atoms. The number of benzene rings is 1. The second-order valence-electron chi connectivity index (χ2n) is 9.03. The van der Waals surface area contributed by atoms with E-state index in [-0.39, 0.29) is 30.9 Å². The zero-order valence-electron chi connectivity index (χ0n) is 19.9. The van der Waals surface area contributed by atoms with E-state index in [9.17, 15) is 9.18 Å². The van der Waals surface area contributed by atoms with Gasteiger partial charge in [-0.2, -0.15) is 0 Å². The molecule has 0 aliphatic carbocycles. The third kappa shape index (κ3) is 5.18. The van der Waals surface area contributed by atoms with Crippen LogP contribution in [0.25, 0.3) is 0 Å². The van der Waals surface area contributed by atoms with Crippen LogP contribution in [0, 0.1) is 11.2 Å². The molecule has 2 saturated heterocycles. The third-order valence-corrected chi connectivity index (χ3v) is 6.97. The topological polar surface area (TPSA) is 81.0 Å². The molecule has 1 amide bonds. The van der Waals surface area contributed by atoms with Gasteiger partial charge in [0.25, 0.3) is 5.91 Å². The lowest BCUT2D eigenvalue weighted by atomic mass is 10.1. The number of halogens is 2. The van der Waals surface area contributed by atoms with Gasteiger partial charge in [0, 0.05) is 30.4 Å². The van der Waals surface area contributed by atoms with Gasteiger partial charge in [-0.15, -0.1) is 0 Å². The van der Waals surface area contributed by atoms with Crippen LogP contribution in [0.5, 0.6) is 5.75 Å². The highest BCUT2D eigenvalue weighted by Gasteiger charge is 2.32. The number of nitrogens with zero attached hydrogens (tertiary/aromatic N) is 3. The number of hydrogen-bond donors (Lipinski definition) is 2. The van der Waals surface area contributed by atoms with Gasteiger partial charge < -0.3 is 25.3 Å². The van der Waals surface area contributed by atoms with Crippen molar-refractivity contribution in [1.82, 2.24) is 15.1 Å². The first kappa shape index (κ1) is 24.4. The van der Waals surface area contributed by atoms with Crippen molar-refractivity contribution in [2.75, 3.05) is 32.7 Å². The third-order valence-electron chi connectivity index (χ3n) is 6.41. The molecule has 0 bridgehead atoms. The zero-order chi connectivity index (χ0) is 24.4. The first-order valence-electron chi connectivity index (χ1n) is 11.7. The minimum absolute atomic E-state index is 0.0562. The van der Waals surface area contributed by atoms with Gasteiger partial charge in [0.15, 0.2) is 0 Å². The molecule has 3 aliphatic rings. The molecular formula is C25H31ClFN5O2. The molecular weight excluding hydrogens is 457 g/mol. The molecule has 7 nitrogen and oxygen atoms in total. The summed E-state index contributed by atoms with van der Waals surface area (Å²) in [6, 6.07) is 4.04. The number of aliphatic imine (C=N–C) groups is 1. The first-order valence-corrected chi connectivity index (χ1v) is 12.1. The predicted octanol–water partition coefficient (Wildman–Crippen LogP) is 4.30. The fourth-order valence-corrected chi connectivity index (χ4v) is 4.66. The Morgan fingerprint density at radius 2 is 2.03 bits per heavy atom. The lowest BCUT2D eigenvalue weighted by Crippen LogP contribution is -2.39. The predicted molar refractivity (Wildman–Crippen MR) is 132 cm³/mol. The number of carbonyl (C=O) groups is 1. The standard InChI is InChI=1S/C25H31ClFN5O2/c1-4-9-31-10-7-18(8-11-31)34-22-12-17(27)5-6-19(22)25(33)32-13-20(21(28)14-32)24-29-15(2)23(26)16(3)30-24/h5-6,12,18,28-29H,4,7-11,13-14H2,1-3H3/b24-20+,28-21?. The van der Waals surface area contributed by atoms with E-state index in [1.807, 2.05) is 13.8 Å². The van der Waals surface area contributed by atoms with Gasteiger partial charge in [0.2, 0.25) is 0 Å². The Morgan fingerprint density at radius 3 is 2.71 bits per heavy atom. The lowest BCUT2D eigenvalue weighted by Gasteiger charge is -2.32. The molecule has 0 spiro atoms. The van der Waals surface area contributed by atoms with Crippen LogP contribution in [0.1, 0.15) is 50.4 Å². The van der Waals surface area contributed by atoms with Gasteiger partial charge >= 0.3 is 0 Å². The van der Waals surface area contributed by atoms with Gasteiger partial charge in [0.1, 0.15) is 23.5 Å². The fourth-order valence-electron chi connectivity index (χ4n) is 4.57. The summed E-state index contributed by atoms with van der Waals surface area (Å²) in [5.74, 6) is 0.0683. The normalized spacial score (nSPS) is 22.2. The van der Waals surface area contributed by atoms with E-state index in [4.69, 9.17) is 21.7 Å². The number of hydrogen-bond acceptors (Lipinski definition) is 6. The summed E-state index contributed by atoms with van der Waals surface area (Å²) >= 11 is 6.22. The molecule has 2 fully saturated rings. The van der Waals surface area contributed by atoms with E-state index >= 15 is 0 Å². The van der Waals surface area contributed by atoms with Crippen LogP contribution >= 0.6 is 11.6 Å². The highest BCUT2D eigenvalue weighted by atomic mass is 35.5. The summed E-state index contributed by atoms with van der Waals surface area (Å²) in [7, 11) is 0. The molecule has 3 heterocycles. The molecule has 3 aliphatic heterocycles. The quantitative estimate of drug-likeness (QED) is 0.648. The van der Waals surface area contributed by atoms with Gasteiger partial charge in [0.05, 0.1) is 35.1 Å². The number of amides is 1. The van der Waals surface area contributed by atoms with Gasteiger partial charge in [-0.1, -0.05) is 18.5 Å². The number of piperidine rings is 1. The van der Waals surface area contributed by atoms with Crippen molar-refractivity contribution >= 4 is 28.9 Å². The summed E-state index contributed by atoms with van der Waals surface area (Å²) in [5, 5.41) is 12.1. The first-order chi connectivity index (χ1) is 16.3. The van der Waals surface area contributed by atoms with Crippen LogP contribution in [0.15, 0.2) is 45.3 Å². The number of allylic oxidation sites excluding steroid dienone is 2. The Kier molecular flexibility index (Phi) is 7.38. The van der Waals surface area contributed by atoms with Crippen molar-refractivity contribution in [3.05, 3.63) is 51.7 Å². The van der Waals surface area contributed by atoms with Crippen LogP contribution in [-0.4, -0.2) is 66.0 Å². The number of nitrogens with one attached hydrogen (secondary N) is 2. The van der Waals surface area contributed by atoms with Gasteiger partial charge in [-0.3, -0.25) is 4.79 Å². The number of carbonyl (C=O) groups excluding carboxylic acids is 1. The van der Waals surface area contributed by atoms with E-state index in [0.29, 0.717) is 33.4 Å². The van der Waals surface area contributed by atoms with Crippen molar-refractivity contribution < 1.29 is 13.9 Å². The van der Waals surface area contributed by atoms with Crippen LogP contribution in [-0.2, 0) is 0 Å². The van der Waals surface area contributed by atoms with E-state index in [1.54, 1.807) is 4.90 Å². The van der Waals surface area contributed by atoms with Crippen LogP contribution in [0.4, 0.5) is 4.39 Å². The number of rotatable bonds is 5. The van der Waals surface area contributed by atoms with Crippen LogP contribution in [0.3, 0.4) is 0 Å². The van der Waals surface area contributed by atoms with Crippen LogP contribution < -0.4 is 10.1 Å². The smallest absolute Gasteiger partial charge is 0.258 e. The van der Waals surface area contributed by atoms with Gasteiger partial charge in [-0.25, -0.2) is 9.38 Å². The Balaban J connectivity index is 1.51. The zero-order valence-corrected chi connectivity index (χ0v) is 20.6. The molecule has 4 rings (SSSR count). The average molecular weight is 488 g/mol. The molecule has 9 heteroatoms. The van der Waals surface area contributed by atoms with Crippen LogP contribution in [0.2, 0.25) is 0 Å². The largest absolute Gasteiger partial charge is 0.489 e. The van der Waals surface area contributed by atoms with E-state index in [2.05, 4.69) is 22.1 Å². The maximum Gasteiger partial charge on any atom is 0.258 e. The highest BCUT2D eigenvalue weighted by Crippen LogP contribution is 2.29. The van der Waals surface area contributed by atoms with E-state index < -0.39 is 5.82 Å². The summed E-state index contributed by atoms with van der Waals surface area (Å²) in [6.45, 7) is 9.13. The van der Waals surface area contributed by atoms with Crippen molar-refractivity contribution in [3.8, 4) is 5.75 Å². The average Bonchev–Trinajstić information content (AvgIpc) is 3.20. The summed E-state index contributed by atoms with van der Waals surface area (Å²) in [5.41, 5.74) is 2.69. The second-order valence-corrected chi connectivity index (χ2v) is 9.41. The van der Waals surface area contributed by atoms with E-state index in [1.165, 1.54) is 18.2 Å². The molecule has 0 aromatic heterocycles. The molecule has 182 valence electrons. The molecule has 0 saturated carbocycles. The summed E-state index contributed by atoms with van der Waals surface area (Å²) < 4.78 is 20.2. The van der Waals surface area contributed by atoms with Crippen molar-refractivity contribution in [3.63, 3.8) is 0 Å². The molecule has 1 aromatic rings. The Hall–Kier alpha value is -2.71. The van der Waals surface area contributed by atoms with Gasteiger partial charge in [-0.05, 0) is 51.8 Å². The summed E-state index contributed by atoms with van der Waals surface area (Å²) in [4.78, 5) is 21.9. The lowest BCUT2D eigenvalue weighted by molar-refractivity contribution is 0.0778. The summed E-state index contributed by atoms with van der Waals surface area (Å²) in [6.07, 6.45) is 2.74. The second kappa shape index (κ2) is 10.3. The highest BCUT2D eigenvalue weighted by molar-refractivity contribution is 6.43. The Labute approximate surface area is 204 Å². The number of ether oxygens (including phenoxy) is 1. The SMILES string of the molecule is CCCN1CCC(Oc2cc(F)ccc2C(=O)N2CC(=N)/C(=C3/N=C(C)C(Cl)=C(C)N3)C2)CC1. The van der Waals surface area contributed by atoms with Crippen molar-refractivity contribution in [2.24, 2.45) is 4.99 Å². The maximum atomic E-state index is 14.1. The minimum Gasteiger partial charge on any atom is -0.489 e. The molecule has 0 radical (unpaired) electrons. The molecule has 0 atom stereocenters. The Morgan fingerprint density at radius 1 is 1.29 bits per heavy atom. The Bertz CT molecular complexity index is 1090. The minimum atomic E-state index is -0.442. The maximum absolute atomic E-state index is 14.1. The fraction of sp³-hybridized carbons (Fsp3) is 0.480. The molecule has 2 N–H and O–H groups in total. The molecule has 1 aromatic carbocycles. The number of likely N-dealkylation sites (tertiary alicyclic amines) is 2. The van der Waals surface area contributed by atoms with Crippen molar-refractivity contribution in [1.29, 1.82) is 5.41 Å².